The Morgan fingerprint density at radius 2 is 1.91 bits per heavy atom. The average molecular weight is 332 g/mol. The molecule has 2 aromatic rings. The second kappa shape index (κ2) is 7.71. The molecule has 112 valence electrons. The Morgan fingerprint density at radius 3 is 2.50 bits per heavy atom. The first-order valence-corrected chi connectivity index (χ1v) is 5.84. The molecule has 3 heterocycles. The van der Waals surface area contributed by atoms with Gasteiger partial charge < -0.3 is 20.1 Å². The fourth-order valence-corrected chi connectivity index (χ4v) is 2.25. The number of aliphatic hydroxyl groups excluding tert-OH is 3. The number of ether oxygens (including phenoxy) is 1. The van der Waals surface area contributed by atoms with Crippen molar-refractivity contribution in [3.05, 3.63) is 27.2 Å². The third kappa shape index (κ3) is 3.26. The summed E-state index contributed by atoms with van der Waals surface area (Å²) in [6, 6.07) is 0. The number of hydrogen-bond donors (Lipinski definition) is 5. The molecular weight excluding hydrogens is 318 g/mol. The number of nitrogens with zero attached hydrogens (tertiary/aromatic N) is 2. The summed E-state index contributed by atoms with van der Waals surface area (Å²) in [6.45, 7) is -0.474. The van der Waals surface area contributed by atoms with Crippen LogP contribution in [0.5, 0.6) is 0 Å². The monoisotopic (exact) mass is 332 g/mol. The Kier molecular flexibility index (Phi) is 7.02. The quantitative estimate of drug-likeness (QED) is 0.349. The van der Waals surface area contributed by atoms with Crippen LogP contribution in [0.4, 0.5) is 0 Å². The Labute approximate surface area is 167 Å². The van der Waals surface area contributed by atoms with Gasteiger partial charge in [0, 0.05) is 0 Å². The number of aliphatic hydroxyl groups is 3. The fourth-order valence-electron chi connectivity index (χ4n) is 2.25. The fraction of sp³-hybridized carbons (Fsp3) is 0.500. The van der Waals surface area contributed by atoms with Gasteiger partial charge in [-0.15, -0.1) is 0 Å². The van der Waals surface area contributed by atoms with E-state index in [-0.39, 0.29) is 70.3 Å². The first-order chi connectivity index (χ1) is 9.52. The molecule has 0 aromatic carbocycles. The Hall–Kier alpha value is -0.0100. The Morgan fingerprint density at radius 1 is 1.23 bits per heavy atom. The Bertz CT molecular complexity index is 758. The van der Waals surface area contributed by atoms with Gasteiger partial charge in [0.2, 0.25) is 0 Å². The maximum atomic E-state index is 11.6. The molecule has 0 radical (unpaired) electrons. The van der Waals surface area contributed by atoms with E-state index >= 15 is 0 Å². The van der Waals surface area contributed by atoms with Gasteiger partial charge >= 0.3 is 64.8 Å². The summed E-state index contributed by atoms with van der Waals surface area (Å²) in [7, 11) is 0. The minimum atomic E-state index is -1.33. The van der Waals surface area contributed by atoms with Crippen molar-refractivity contribution < 1.29 is 20.1 Å². The van der Waals surface area contributed by atoms with Gasteiger partial charge in [-0.1, -0.05) is 0 Å². The van der Waals surface area contributed by atoms with E-state index in [4.69, 9.17) is 9.84 Å². The van der Waals surface area contributed by atoms with Crippen LogP contribution in [0, 0.1) is 0 Å². The molecule has 0 spiro atoms. The zero-order valence-corrected chi connectivity index (χ0v) is 10.1. The molecule has 10 nitrogen and oxygen atoms in total. The van der Waals surface area contributed by atoms with Crippen LogP contribution in [-0.4, -0.2) is 119 Å². The SMILES string of the molecule is O=c1[nH]c(=O)c2ncn([C@@H]3O[C@H](CO)[C@@H](O)[C@H]3O)c2[nH]1.[NaH].[NaH]. The average Bonchev–Trinajstić information content (AvgIpc) is 2.93. The summed E-state index contributed by atoms with van der Waals surface area (Å²) in [4.78, 5) is 31.1. The van der Waals surface area contributed by atoms with E-state index in [0.717, 1.165) is 0 Å². The Balaban J connectivity index is 0.00000121. The molecule has 0 bridgehead atoms. The van der Waals surface area contributed by atoms with Crippen molar-refractivity contribution in [2.45, 2.75) is 24.5 Å². The van der Waals surface area contributed by atoms with E-state index < -0.39 is 42.4 Å². The van der Waals surface area contributed by atoms with Crippen LogP contribution in [0.15, 0.2) is 15.9 Å². The van der Waals surface area contributed by atoms with Gasteiger partial charge in [0.05, 0.1) is 12.9 Å². The van der Waals surface area contributed by atoms with Crippen LogP contribution < -0.4 is 11.2 Å². The number of fused-ring (bicyclic) bond motifs is 1. The number of rotatable bonds is 2. The zero-order valence-electron chi connectivity index (χ0n) is 10.1. The van der Waals surface area contributed by atoms with Crippen LogP contribution in [0.1, 0.15) is 6.23 Å². The molecule has 1 fully saturated rings. The molecule has 22 heavy (non-hydrogen) atoms. The summed E-state index contributed by atoms with van der Waals surface area (Å²) < 4.78 is 6.54. The van der Waals surface area contributed by atoms with Gasteiger partial charge in [-0.2, -0.15) is 0 Å². The van der Waals surface area contributed by atoms with Gasteiger partial charge in [0.15, 0.2) is 11.7 Å². The molecular formula is C10H14N4Na2O6. The van der Waals surface area contributed by atoms with Crippen LogP contribution >= 0.6 is 0 Å². The van der Waals surface area contributed by atoms with Crippen molar-refractivity contribution in [3.63, 3.8) is 0 Å². The van der Waals surface area contributed by atoms with E-state index in [0.29, 0.717) is 0 Å². The molecule has 0 unspecified atom stereocenters. The summed E-state index contributed by atoms with van der Waals surface area (Å²) in [5, 5.41) is 28.7. The number of aromatic nitrogens is 4. The first-order valence-electron chi connectivity index (χ1n) is 5.84. The van der Waals surface area contributed by atoms with Gasteiger partial charge in [-0.25, -0.2) is 9.78 Å². The number of nitrogens with one attached hydrogen (secondary N) is 2. The van der Waals surface area contributed by atoms with E-state index in [1.54, 1.807) is 0 Å². The molecule has 1 aliphatic rings. The van der Waals surface area contributed by atoms with E-state index in [1.165, 1.54) is 10.9 Å². The van der Waals surface area contributed by atoms with E-state index in [1.807, 2.05) is 4.98 Å². The molecule has 0 saturated carbocycles. The van der Waals surface area contributed by atoms with Gasteiger partial charge in [-0.05, 0) is 0 Å². The molecule has 5 N–H and O–H groups in total. The third-order valence-electron chi connectivity index (χ3n) is 3.26. The first kappa shape index (κ1) is 20.0. The van der Waals surface area contributed by atoms with Crippen molar-refractivity contribution in [1.82, 2.24) is 19.5 Å². The predicted octanol–water partition coefficient (Wildman–Crippen LogP) is -4.27. The van der Waals surface area contributed by atoms with Crippen molar-refractivity contribution in [2.24, 2.45) is 0 Å². The van der Waals surface area contributed by atoms with Crippen LogP contribution in [0.25, 0.3) is 11.2 Å². The molecule has 4 atom stereocenters. The van der Waals surface area contributed by atoms with Crippen molar-refractivity contribution in [3.8, 4) is 0 Å². The number of imidazole rings is 1. The summed E-state index contributed by atoms with van der Waals surface area (Å²) >= 11 is 0. The molecule has 2 aromatic heterocycles. The van der Waals surface area contributed by atoms with Crippen LogP contribution in [0.2, 0.25) is 0 Å². The predicted molar refractivity (Wildman–Crippen MR) is 78.3 cm³/mol. The number of aromatic amines is 2. The second-order valence-corrected chi connectivity index (χ2v) is 4.49. The second-order valence-electron chi connectivity index (χ2n) is 4.49. The topological polar surface area (TPSA) is 153 Å². The number of hydrogen-bond acceptors (Lipinski definition) is 7. The zero-order chi connectivity index (χ0) is 14.4. The summed E-state index contributed by atoms with van der Waals surface area (Å²) in [5.74, 6) is 0. The standard InChI is InChI=1S/C10H12N4O6.2Na.2H/c15-1-3-5(16)6(17)9(20-3)14-2-11-4-7(14)12-10(19)13-8(4)18;;;;/h2-3,5-6,9,15-17H,1H2,(H2,12,13,18,19);;;;/t3-,5-,6-,9-;;;;/m1..../s1. The molecule has 1 saturated heterocycles. The maximum absolute atomic E-state index is 11.6. The molecule has 1 aliphatic heterocycles. The molecule has 3 rings (SSSR count). The van der Waals surface area contributed by atoms with E-state index in [2.05, 4.69) is 9.97 Å². The van der Waals surface area contributed by atoms with Crippen LogP contribution in [-0.2, 0) is 4.74 Å². The van der Waals surface area contributed by atoms with E-state index in [9.17, 15) is 19.8 Å². The normalized spacial score (nSPS) is 27.4. The number of H-pyrrole nitrogens is 2. The molecule has 0 amide bonds. The summed E-state index contributed by atoms with van der Waals surface area (Å²) in [5.41, 5.74) is -1.36. The molecule has 0 aliphatic carbocycles. The van der Waals surface area contributed by atoms with Crippen molar-refractivity contribution >= 4 is 70.3 Å². The van der Waals surface area contributed by atoms with Gasteiger partial charge in [0.1, 0.15) is 24.0 Å². The summed E-state index contributed by atoms with van der Waals surface area (Å²) in [6.07, 6.45) is -3.43. The minimum absolute atomic E-state index is 0. The van der Waals surface area contributed by atoms with Gasteiger partial charge in [0.25, 0.3) is 5.56 Å². The molecule has 12 heteroatoms. The van der Waals surface area contributed by atoms with Crippen molar-refractivity contribution in [2.75, 3.05) is 6.61 Å². The van der Waals surface area contributed by atoms with Crippen LogP contribution in [0.3, 0.4) is 0 Å². The van der Waals surface area contributed by atoms with Crippen molar-refractivity contribution in [1.29, 1.82) is 0 Å². The third-order valence-corrected chi connectivity index (χ3v) is 3.26. The van der Waals surface area contributed by atoms with Gasteiger partial charge in [-0.3, -0.25) is 19.3 Å².